The highest BCUT2D eigenvalue weighted by molar-refractivity contribution is 5.88. The summed E-state index contributed by atoms with van der Waals surface area (Å²) in [5, 5.41) is 9.29. The first-order valence-electron chi connectivity index (χ1n) is 6.78. The number of rotatable bonds is 5. The van der Waals surface area contributed by atoms with E-state index in [-0.39, 0.29) is 12.5 Å². The first-order chi connectivity index (χ1) is 9.97. The summed E-state index contributed by atoms with van der Waals surface area (Å²) in [7, 11) is 1.55. The van der Waals surface area contributed by atoms with Crippen molar-refractivity contribution in [3.63, 3.8) is 0 Å². The Balaban J connectivity index is 2.00. The topological polar surface area (TPSA) is 76.1 Å². The normalized spacial score (nSPS) is 21.1. The van der Waals surface area contributed by atoms with Crippen LogP contribution in [0.4, 0.5) is 0 Å². The smallest absolute Gasteiger partial charge is 0.329 e. The van der Waals surface area contributed by atoms with E-state index in [1.807, 2.05) is 0 Å². The maximum Gasteiger partial charge on any atom is 0.329 e. The molecule has 1 aliphatic heterocycles. The molecule has 1 aliphatic rings. The predicted molar refractivity (Wildman–Crippen MR) is 75.5 cm³/mol. The molecule has 0 aliphatic carbocycles. The van der Waals surface area contributed by atoms with Gasteiger partial charge >= 0.3 is 5.97 Å². The van der Waals surface area contributed by atoms with E-state index < -0.39 is 11.5 Å². The molecule has 1 aromatic carbocycles. The molecular formula is C15H19NO5. The minimum Gasteiger partial charge on any atom is -0.497 e. The fourth-order valence-corrected chi connectivity index (χ4v) is 2.50. The summed E-state index contributed by atoms with van der Waals surface area (Å²) in [6.07, 6.45) is 1.15. The zero-order valence-corrected chi connectivity index (χ0v) is 12.2. The number of aliphatic carboxylic acids is 1. The van der Waals surface area contributed by atoms with E-state index in [0.717, 1.165) is 0 Å². The quantitative estimate of drug-likeness (QED) is 0.891. The molecule has 1 fully saturated rings. The number of hydrogen-bond donors (Lipinski definition) is 1. The third kappa shape index (κ3) is 3.09. The maximum absolute atomic E-state index is 12.2. The summed E-state index contributed by atoms with van der Waals surface area (Å²) in [5.74, 6) is -0.148. The van der Waals surface area contributed by atoms with Crippen molar-refractivity contribution in [1.82, 2.24) is 4.90 Å². The SMILES string of the molecule is COc1cccc(OCC(=O)N2CCC[C@]2(C)C(=O)O)c1. The number of methoxy groups -OCH3 is 1. The minimum absolute atomic E-state index is 0.184. The number of carboxylic acid groups (broad SMARTS) is 1. The van der Waals surface area contributed by atoms with E-state index in [2.05, 4.69) is 0 Å². The number of carboxylic acids is 1. The lowest BCUT2D eigenvalue weighted by atomic mass is 9.99. The van der Waals surface area contributed by atoms with Crippen molar-refractivity contribution in [2.45, 2.75) is 25.3 Å². The molecule has 0 radical (unpaired) electrons. The first kappa shape index (κ1) is 15.2. The monoisotopic (exact) mass is 293 g/mol. The van der Waals surface area contributed by atoms with Crippen LogP contribution in [0.1, 0.15) is 19.8 Å². The van der Waals surface area contributed by atoms with Crippen molar-refractivity contribution in [3.05, 3.63) is 24.3 Å². The number of ether oxygens (including phenoxy) is 2. The summed E-state index contributed by atoms with van der Waals surface area (Å²) in [6.45, 7) is 1.84. The molecule has 21 heavy (non-hydrogen) atoms. The Morgan fingerprint density at radius 3 is 2.76 bits per heavy atom. The molecule has 1 atom stereocenters. The van der Waals surface area contributed by atoms with Crippen molar-refractivity contribution >= 4 is 11.9 Å². The molecule has 6 nitrogen and oxygen atoms in total. The second kappa shape index (κ2) is 6.03. The fourth-order valence-electron chi connectivity index (χ4n) is 2.50. The van der Waals surface area contributed by atoms with Gasteiger partial charge in [0.25, 0.3) is 5.91 Å². The molecule has 1 aromatic rings. The van der Waals surface area contributed by atoms with Gasteiger partial charge in [0.1, 0.15) is 17.0 Å². The Kier molecular flexibility index (Phi) is 4.35. The highest BCUT2D eigenvalue weighted by Crippen LogP contribution is 2.29. The molecule has 6 heteroatoms. The van der Waals surface area contributed by atoms with Crippen molar-refractivity contribution in [2.75, 3.05) is 20.3 Å². The van der Waals surface area contributed by atoms with Gasteiger partial charge in [-0.05, 0) is 31.9 Å². The van der Waals surface area contributed by atoms with Gasteiger partial charge in [-0.3, -0.25) is 4.79 Å². The average Bonchev–Trinajstić information content (AvgIpc) is 2.88. The molecule has 2 rings (SSSR count). The van der Waals surface area contributed by atoms with Crippen LogP contribution >= 0.6 is 0 Å². The molecule has 1 N–H and O–H groups in total. The number of nitrogens with zero attached hydrogens (tertiary/aromatic N) is 1. The van der Waals surface area contributed by atoms with Crippen molar-refractivity contribution < 1.29 is 24.2 Å². The Morgan fingerprint density at radius 2 is 2.10 bits per heavy atom. The van der Waals surface area contributed by atoms with Crippen LogP contribution in [0.15, 0.2) is 24.3 Å². The molecule has 114 valence electrons. The van der Waals surface area contributed by atoms with Crippen molar-refractivity contribution in [3.8, 4) is 11.5 Å². The second-order valence-electron chi connectivity index (χ2n) is 5.20. The van der Waals surface area contributed by atoms with E-state index in [1.165, 1.54) is 4.90 Å². The third-order valence-corrected chi connectivity index (χ3v) is 3.81. The lowest BCUT2D eigenvalue weighted by Crippen LogP contribution is -2.52. The maximum atomic E-state index is 12.2. The zero-order chi connectivity index (χ0) is 15.5. The van der Waals surface area contributed by atoms with Crippen LogP contribution in [0.25, 0.3) is 0 Å². The lowest BCUT2D eigenvalue weighted by molar-refractivity contribution is -0.156. The van der Waals surface area contributed by atoms with Crippen molar-refractivity contribution in [1.29, 1.82) is 0 Å². The van der Waals surface area contributed by atoms with Gasteiger partial charge < -0.3 is 19.5 Å². The van der Waals surface area contributed by atoms with Gasteiger partial charge in [0.15, 0.2) is 6.61 Å². The number of amides is 1. The summed E-state index contributed by atoms with van der Waals surface area (Å²) >= 11 is 0. The van der Waals surface area contributed by atoms with Crippen LogP contribution in [0.2, 0.25) is 0 Å². The van der Waals surface area contributed by atoms with Gasteiger partial charge in [-0.1, -0.05) is 6.07 Å². The van der Waals surface area contributed by atoms with Gasteiger partial charge in [0.05, 0.1) is 7.11 Å². The molecule has 0 spiro atoms. The molecule has 1 heterocycles. The van der Waals surface area contributed by atoms with Crippen LogP contribution in [-0.4, -0.2) is 47.7 Å². The standard InChI is InChI=1S/C15H19NO5/c1-15(14(18)19)7-4-8-16(15)13(17)10-21-12-6-3-5-11(9-12)20-2/h3,5-6,9H,4,7-8,10H2,1-2H3,(H,18,19)/t15-/m1/s1. The number of carbonyl (C=O) groups excluding carboxylic acids is 1. The Morgan fingerprint density at radius 1 is 1.38 bits per heavy atom. The summed E-state index contributed by atoms with van der Waals surface area (Å²) < 4.78 is 10.5. The molecule has 0 saturated carbocycles. The van der Waals surface area contributed by atoms with E-state index in [9.17, 15) is 14.7 Å². The van der Waals surface area contributed by atoms with Crippen LogP contribution in [-0.2, 0) is 9.59 Å². The van der Waals surface area contributed by atoms with Gasteiger partial charge in [0, 0.05) is 12.6 Å². The summed E-state index contributed by atoms with van der Waals surface area (Å²) in [6, 6.07) is 6.93. The molecule has 1 amide bonds. The zero-order valence-electron chi connectivity index (χ0n) is 12.2. The van der Waals surface area contributed by atoms with Gasteiger partial charge in [-0.2, -0.15) is 0 Å². The molecular weight excluding hydrogens is 274 g/mol. The average molecular weight is 293 g/mol. The van der Waals surface area contributed by atoms with E-state index in [4.69, 9.17) is 9.47 Å². The first-order valence-corrected chi connectivity index (χ1v) is 6.78. The molecule has 1 saturated heterocycles. The molecule has 0 aromatic heterocycles. The van der Waals surface area contributed by atoms with E-state index >= 15 is 0 Å². The third-order valence-electron chi connectivity index (χ3n) is 3.81. The number of hydrogen-bond acceptors (Lipinski definition) is 4. The number of carbonyl (C=O) groups is 2. The lowest BCUT2D eigenvalue weighted by Gasteiger charge is -2.31. The Hall–Kier alpha value is -2.24. The Bertz CT molecular complexity index is 545. The minimum atomic E-state index is -1.13. The second-order valence-corrected chi connectivity index (χ2v) is 5.20. The largest absolute Gasteiger partial charge is 0.497 e. The number of benzene rings is 1. The predicted octanol–water partition coefficient (Wildman–Crippen LogP) is 1.54. The highest BCUT2D eigenvalue weighted by Gasteiger charge is 2.45. The fraction of sp³-hybridized carbons (Fsp3) is 0.467. The Labute approximate surface area is 123 Å². The summed E-state index contributed by atoms with van der Waals surface area (Å²) in [4.78, 5) is 24.9. The van der Waals surface area contributed by atoms with E-state index in [1.54, 1.807) is 38.3 Å². The van der Waals surface area contributed by atoms with Gasteiger partial charge in [-0.15, -0.1) is 0 Å². The number of likely N-dealkylation sites (tertiary alicyclic amines) is 1. The van der Waals surface area contributed by atoms with Crippen LogP contribution in [0, 0.1) is 0 Å². The molecule has 0 bridgehead atoms. The van der Waals surface area contributed by atoms with E-state index in [0.29, 0.717) is 30.9 Å². The van der Waals surface area contributed by atoms with Crippen LogP contribution in [0.5, 0.6) is 11.5 Å². The van der Waals surface area contributed by atoms with Gasteiger partial charge in [0.2, 0.25) is 0 Å². The highest BCUT2D eigenvalue weighted by atomic mass is 16.5. The summed E-state index contributed by atoms with van der Waals surface area (Å²) in [5.41, 5.74) is -1.13. The van der Waals surface area contributed by atoms with Crippen LogP contribution < -0.4 is 9.47 Å². The molecule has 0 unspecified atom stereocenters. The van der Waals surface area contributed by atoms with Gasteiger partial charge in [-0.25, -0.2) is 4.79 Å². The van der Waals surface area contributed by atoms with Crippen molar-refractivity contribution in [2.24, 2.45) is 0 Å². The van der Waals surface area contributed by atoms with Crippen LogP contribution in [0.3, 0.4) is 0 Å².